The van der Waals surface area contributed by atoms with Gasteiger partial charge in [0, 0.05) is 73.8 Å². The van der Waals surface area contributed by atoms with E-state index in [4.69, 9.17) is 0 Å². The van der Waals surface area contributed by atoms with E-state index in [1.54, 1.807) is 0 Å². The first-order chi connectivity index (χ1) is 2.89. The van der Waals surface area contributed by atoms with Crippen molar-refractivity contribution in [2.75, 3.05) is 0 Å². The van der Waals surface area contributed by atoms with Crippen LogP contribution in [0.15, 0.2) is 24.3 Å². The molecule has 0 aliphatic rings. The Balaban J connectivity index is -0.0000000450. The van der Waals surface area contributed by atoms with Crippen molar-refractivity contribution >= 4 is 8.41 Å². The third-order valence-electron chi connectivity index (χ3n) is 0.829. The minimum atomic E-state index is 0. The van der Waals surface area contributed by atoms with Crippen LogP contribution >= 0.6 is 0 Å². The minimum absolute atomic E-state index is 0. The molecule has 0 aromatic heterocycles. The number of hydrogen-bond donors (Lipinski definition) is 0. The summed E-state index contributed by atoms with van der Waals surface area (Å²) in [7, 11) is 0. The molecule has 0 spiro atoms. The van der Waals surface area contributed by atoms with Crippen LogP contribution in [0.3, 0.4) is 0 Å². The maximum absolute atomic E-state index is 2.08. The van der Waals surface area contributed by atoms with Crippen LogP contribution in [0.25, 0.3) is 0 Å². The van der Waals surface area contributed by atoms with Gasteiger partial charge in [-0.25, -0.2) is 12.1 Å². The molecule has 5 radical (unpaired) electrons. The van der Waals surface area contributed by atoms with E-state index in [0.717, 1.165) is 0 Å². The summed E-state index contributed by atoms with van der Waals surface area (Å²) in [6.07, 6.45) is 0. The Bertz CT molecular complexity index is 115. The number of aryl methyl sites for hydroxylation is 1. The second-order valence-corrected chi connectivity index (χ2v) is 1.46. The average molecular weight is 283 g/mol. The Labute approximate surface area is 116 Å². The number of rotatable bonds is 0. The van der Waals surface area contributed by atoms with Crippen molar-refractivity contribution in [1.29, 1.82) is 0 Å². The first-order valence-corrected chi connectivity index (χ1v) is 2.08. The molecule has 0 nitrogen and oxygen atoms in total. The molecule has 0 N–H and O–H groups in total. The number of hydrogen-bond acceptors (Lipinski definition) is 0. The molecule has 0 saturated carbocycles. The van der Waals surface area contributed by atoms with Gasteiger partial charge in [-0.1, -0.05) is 6.92 Å². The van der Waals surface area contributed by atoms with Gasteiger partial charge in [0.05, 0.1) is 0 Å². The molecular weight excluding hydrogens is 273 g/mol. The molecule has 0 amide bonds. The van der Waals surface area contributed by atoms with E-state index in [0.29, 0.717) is 0 Å². The van der Waals surface area contributed by atoms with Crippen molar-refractivity contribution in [3.63, 3.8) is 0 Å². The summed E-state index contributed by atoms with van der Waals surface area (Å²) >= 11 is 0. The molecule has 49 valence electrons. The summed E-state index contributed by atoms with van der Waals surface area (Å²) in [6, 6.07) is 8.24. The SMILES string of the molecule is C[c-]1cccc1.[B].[CH3-].[Y].[Y]. The summed E-state index contributed by atoms with van der Waals surface area (Å²) in [4.78, 5) is 0. The van der Waals surface area contributed by atoms with Gasteiger partial charge in [0.25, 0.3) is 0 Å². The first kappa shape index (κ1) is 22.6. The molecule has 0 aliphatic heterocycles. The molecule has 0 fully saturated rings. The molecule has 1 aromatic carbocycles. The second-order valence-electron chi connectivity index (χ2n) is 1.46. The van der Waals surface area contributed by atoms with Crippen molar-refractivity contribution in [2.24, 2.45) is 0 Å². The largest absolute Gasteiger partial charge is 0.358 e. The van der Waals surface area contributed by atoms with Gasteiger partial charge in [0.2, 0.25) is 0 Å². The molecule has 1 aromatic rings. The summed E-state index contributed by atoms with van der Waals surface area (Å²) in [5.41, 5.74) is 1.34. The Hall–Kier alpha value is 1.62. The van der Waals surface area contributed by atoms with Gasteiger partial charge in [-0.15, -0.1) is 0 Å². The minimum Gasteiger partial charge on any atom is -0.358 e. The molecule has 0 saturated heterocycles. The van der Waals surface area contributed by atoms with Crippen LogP contribution in [0.1, 0.15) is 5.56 Å². The standard InChI is InChI=1S/C6H7.CH3.B.2Y/c1-6-4-2-3-5-6;;;;/h2-5H,1H3;1H3;;;/q2*-1;;;. The summed E-state index contributed by atoms with van der Waals surface area (Å²) in [5.74, 6) is 0. The van der Waals surface area contributed by atoms with Crippen LogP contribution in [0, 0.1) is 14.4 Å². The van der Waals surface area contributed by atoms with Crippen molar-refractivity contribution in [3.05, 3.63) is 37.3 Å². The maximum Gasteiger partial charge on any atom is 0 e. The van der Waals surface area contributed by atoms with Crippen LogP contribution in [0.5, 0.6) is 0 Å². The van der Waals surface area contributed by atoms with E-state index < -0.39 is 0 Å². The Morgan fingerprint density at radius 2 is 1.30 bits per heavy atom. The van der Waals surface area contributed by atoms with Crippen LogP contribution in [0.2, 0.25) is 0 Å². The van der Waals surface area contributed by atoms with Gasteiger partial charge in [-0.2, -0.15) is 17.7 Å². The van der Waals surface area contributed by atoms with Crippen LogP contribution in [-0.2, 0) is 65.4 Å². The van der Waals surface area contributed by atoms with Crippen molar-refractivity contribution in [2.45, 2.75) is 6.92 Å². The van der Waals surface area contributed by atoms with E-state index >= 15 is 0 Å². The van der Waals surface area contributed by atoms with E-state index in [2.05, 4.69) is 19.1 Å². The van der Waals surface area contributed by atoms with Crippen molar-refractivity contribution in [3.8, 4) is 0 Å². The van der Waals surface area contributed by atoms with Gasteiger partial charge in [-0.05, 0) is 0 Å². The molecule has 0 aliphatic carbocycles. The Morgan fingerprint density at radius 1 is 1.00 bits per heavy atom. The second kappa shape index (κ2) is 13.2. The molecule has 1 rings (SSSR count). The summed E-state index contributed by atoms with van der Waals surface area (Å²) in [6.45, 7) is 2.08. The van der Waals surface area contributed by atoms with E-state index in [-0.39, 0.29) is 81.3 Å². The predicted molar refractivity (Wildman–Crippen MR) is 38.9 cm³/mol. The van der Waals surface area contributed by atoms with Gasteiger partial charge >= 0.3 is 0 Å². The molecule has 3 heteroatoms. The quantitative estimate of drug-likeness (QED) is 0.503. The maximum atomic E-state index is 2.08. The van der Waals surface area contributed by atoms with E-state index in [1.165, 1.54) is 5.56 Å². The Kier molecular flexibility index (Phi) is 29.9. The molecule has 10 heavy (non-hydrogen) atoms. The fourth-order valence-electron chi connectivity index (χ4n) is 0.470. The smallest absolute Gasteiger partial charge is 0 e. The zero-order valence-corrected chi connectivity index (χ0v) is 12.2. The van der Waals surface area contributed by atoms with Crippen LogP contribution in [0.4, 0.5) is 0 Å². The van der Waals surface area contributed by atoms with Gasteiger partial charge in [0.1, 0.15) is 0 Å². The zero-order valence-electron chi connectivity index (χ0n) is 6.54. The third-order valence-corrected chi connectivity index (χ3v) is 0.829. The predicted octanol–water partition coefficient (Wildman–Crippen LogP) is 1.78. The molecule has 0 heterocycles. The van der Waals surface area contributed by atoms with Crippen LogP contribution in [-0.4, -0.2) is 8.41 Å². The topological polar surface area (TPSA) is 0 Å². The average Bonchev–Trinajstić information content (AvgIpc) is 1.86. The monoisotopic (exact) mass is 283 g/mol. The molecular formula is C7H10BY2-2. The van der Waals surface area contributed by atoms with E-state index in [9.17, 15) is 0 Å². The van der Waals surface area contributed by atoms with Gasteiger partial charge in [0.15, 0.2) is 0 Å². The fraction of sp³-hybridized carbons (Fsp3) is 0.143. The third kappa shape index (κ3) is 9.62. The zero-order chi connectivity index (χ0) is 4.41. The summed E-state index contributed by atoms with van der Waals surface area (Å²) < 4.78 is 0. The van der Waals surface area contributed by atoms with Crippen LogP contribution < -0.4 is 0 Å². The fourth-order valence-corrected chi connectivity index (χ4v) is 0.470. The van der Waals surface area contributed by atoms with Crippen molar-refractivity contribution < 1.29 is 65.4 Å². The van der Waals surface area contributed by atoms with Crippen molar-refractivity contribution in [1.82, 2.24) is 0 Å². The van der Waals surface area contributed by atoms with E-state index in [1.807, 2.05) is 12.1 Å². The Morgan fingerprint density at radius 3 is 1.40 bits per heavy atom. The molecule has 0 unspecified atom stereocenters. The molecule has 0 atom stereocenters. The first-order valence-electron chi connectivity index (χ1n) is 2.08. The van der Waals surface area contributed by atoms with Gasteiger partial charge < -0.3 is 7.43 Å². The summed E-state index contributed by atoms with van der Waals surface area (Å²) in [5, 5.41) is 0. The molecule has 0 bridgehead atoms. The van der Waals surface area contributed by atoms with Gasteiger partial charge in [-0.3, -0.25) is 0 Å². The normalized spacial score (nSPS) is 5.30.